The number of hydrogen-bond acceptors (Lipinski definition) is 3. The molecule has 0 N–H and O–H groups in total. The first-order valence-electron chi connectivity index (χ1n) is 6.58. The van der Waals surface area contributed by atoms with Crippen molar-refractivity contribution < 1.29 is 14.3 Å². The molecule has 0 spiro atoms. The van der Waals surface area contributed by atoms with E-state index in [1.807, 2.05) is 36.4 Å². The van der Waals surface area contributed by atoms with Crippen molar-refractivity contribution in [1.82, 2.24) is 0 Å². The first-order chi connectivity index (χ1) is 10.2. The summed E-state index contributed by atoms with van der Waals surface area (Å²) in [5, 5.41) is 0. The van der Waals surface area contributed by atoms with Crippen LogP contribution in [-0.2, 0) is 0 Å². The van der Waals surface area contributed by atoms with Gasteiger partial charge in [0.15, 0.2) is 0 Å². The van der Waals surface area contributed by atoms with Crippen LogP contribution >= 0.6 is 15.9 Å². The molecule has 0 unspecified atom stereocenters. The lowest BCUT2D eigenvalue weighted by Gasteiger charge is -2.29. The van der Waals surface area contributed by atoms with Crippen LogP contribution in [0.2, 0.25) is 0 Å². The number of amides is 1. The first-order valence-corrected chi connectivity index (χ1v) is 7.37. The van der Waals surface area contributed by atoms with Crippen LogP contribution in [0, 0.1) is 0 Å². The summed E-state index contributed by atoms with van der Waals surface area (Å²) in [4.78, 5) is 14.6. The van der Waals surface area contributed by atoms with Gasteiger partial charge < -0.3 is 14.4 Å². The van der Waals surface area contributed by atoms with E-state index >= 15 is 0 Å². The molecule has 0 radical (unpaired) electrons. The third kappa shape index (κ3) is 2.61. The SMILES string of the molecule is COc1ccc(Br)c(C(=O)N2CCOc3ccccc32)c1. The molecule has 1 aliphatic rings. The minimum Gasteiger partial charge on any atom is -0.497 e. The minimum absolute atomic E-state index is 0.0727. The van der Waals surface area contributed by atoms with Gasteiger partial charge in [0.25, 0.3) is 5.91 Å². The Morgan fingerprint density at radius 2 is 2.10 bits per heavy atom. The molecule has 108 valence electrons. The molecule has 2 aromatic rings. The summed E-state index contributed by atoms with van der Waals surface area (Å²) in [6.07, 6.45) is 0. The molecule has 5 heteroatoms. The van der Waals surface area contributed by atoms with Crippen molar-refractivity contribution in [1.29, 1.82) is 0 Å². The topological polar surface area (TPSA) is 38.8 Å². The molecule has 21 heavy (non-hydrogen) atoms. The van der Waals surface area contributed by atoms with Crippen LogP contribution in [-0.4, -0.2) is 26.2 Å². The average molecular weight is 348 g/mol. The molecule has 0 saturated heterocycles. The van der Waals surface area contributed by atoms with Crippen LogP contribution in [0.5, 0.6) is 11.5 Å². The fraction of sp³-hybridized carbons (Fsp3) is 0.188. The maximum atomic E-state index is 12.8. The van der Waals surface area contributed by atoms with Gasteiger partial charge in [0, 0.05) is 4.47 Å². The van der Waals surface area contributed by atoms with Crippen LogP contribution in [0.3, 0.4) is 0 Å². The summed E-state index contributed by atoms with van der Waals surface area (Å²) < 4.78 is 11.5. The van der Waals surface area contributed by atoms with Gasteiger partial charge in [-0.1, -0.05) is 12.1 Å². The number of halogens is 1. The van der Waals surface area contributed by atoms with E-state index in [9.17, 15) is 4.79 Å². The Labute approximate surface area is 131 Å². The number of rotatable bonds is 2. The molecular weight excluding hydrogens is 334 g/mol. The van der Waals surface area contributed by atoms with E-state index < -0.39 is 0 Å². The Hall–Kier alpha value is -2.01. The van der Waals surface area contributed by atoms with Crippen molar-refractivity contribution in [2.24, 2.45) is 0 Å². The highest BCUT2D eigenvalue weighted by atomic mass is 79.9. The summed E-state index contributed by atoms with van der Waals surface area (Å²) in [6, 6.07) is 12.9. The van der Waals surface area contributed by atoms with E-state index in [2.05, 4.69) is 15.9 Å². The standard InChI is InChI=1S/C16H14BrNO3/c1-20-11-6-7-13(17)12(10-11)16(19)18-8-9-21-15-5-3-2-4-14(15)18/h2-7,10H,8-9H2,1H3. The summed E-state index contributed by atoms with van der Waals surface area (Å²) in [5.41, 5.74) is 1.37. The number of nitrogens with zero attached hydrogens (tertiary/aromatic N) is 1. The summed E-state index contributed by atoms with van der Waals surface area (Å²) in [6.45, 7) is 1.02. The summed E-state index contributed by atoms with van der Waals surface area (Å²) in [7, 11) is 1.58. The molecule has 0 saturated carbocycles. The lowest BCUT2D eigenvalue weighted by atomic mass is 10.1. The number of fused-ring (bicyclic) bond motifs is 1. The third-order valence-corrected chi connectivity index (χ3v) is 4.07. The van der Waals surface area contributed by atoms with Gasteiger partial charge in [0.2, 0.25) is 0 Å². The Kier molecular flexibility index (Phi) is 3.84. The fourth-order valence-electron chi connectivity index (χ4n) is 2.32. The van der Waals surface area contributed by atoms with E-state index in [0.717, 1.165) is 15.9 Å². The average Bonchev–Trinajstić information content (AvgIpc) is 2.54. The lowest BCUT2D eigenvalue weighted by Crippen LogP contribution is -2.38. The van der Waals surface area contributed by atoms with Crippen molar-refractivity contribution in [3.8, 4) is 11.5 Å². The molecule has 0 atom stereocenters. The Bertz CT molecular complexity index is 687. The third-order valence-electron chi connectivity index (χ3n) is 3.38. The Morgan fingerprint density at radius 3 is 2.90 bits per heavy atom. The highest BCUT2D eigenvalue weighted by molar-refractivity contribution is 9.10. The largest absolute Gasteiger partial charge is 0.497 e. The van der Waals surface area contributed by atoms with Crippen LogP contribution in [0.25, 0.3) is 0 Å². The molecule has 0 bridgehead atoms. The maximum Gasteiger partial charge on any atom is 0.259 e. The van der Waals surface area contributed by atoms with Gasteiger partial charge in [0.1, 0.15) is 18.1 Å². The van der Waals surface area contributed by atoms with Gasteiger partial charge in [-0.05, 0) is 46.3 Å². The molecule has 0 fully saturated rings. The van der Waals surface area contributed by atoms with Crippen molar-refractivity contribution in [3.05, 3.63) is 52.5 Å². The minimum atomic E-state index is -0.0727. The Balaban J connectivity index is 2.00. The number of para-hydroxylation sites is 2. The van der Waals surface area contributed by atoms with Crippen molar-refractivity contribution >= 4 is 27.5 Å². The lowest BCUT2D eigenvalue weighted by molar-refractivity contribution is 0.0975. The van der Waals surface area contributed by atoms with E-state index in [4.69, 9.17) is 9.47 Å². The van der Waals surface area contributed by atoms with Gasteiger partial charge >= 0.3 is 0 Å². The smallest absolute Gasteiger partial charge is 0.259 e. The summed E-state index contributed by atoms with van der Waals surface area (Å²) in [5.74, 6) is 1.32. The van der Waals surface area contributed by atoms with E-state index in [0.29, 0.717) is 24.5 Å². The van der Waals surface area contributed by atoms with Gasteiger partial charge in [0.05, 0.1) is 24.9 Å². The number of ether oxygens (including phenoxy) is 2. The van der Waals surface area contributed by atoms with Crippen LogP contribution in [0.15, 0.2) is 46.9 Å². The second-order valence-corrected chi connectivity index (χ2v) is 5.47. The van der Waals surface area contributed by atoms with Gasteiger partial charge in [-0.15, -0.1) is 0 Å². The quantitative estimate of drug-likeness (QED) is 0.834. The van der Waals surface area contributed by atoms with Crippen LogP contribution < -0.4 is 14.4 Å². The normalized spacial score (nSPS) is 13.3. The van der Waals surface area contributed by atoms with Crippen LogP contribution in [0.1, 0.15) is 10.4 Å². The zero-order valence-corrected chi connectivity index (χ0v) is 13.1. The molecule has 3 rings (SSSR count). The zero-order valence-electron chi connectivity index (χ0n) is 11.5. The number of methoxy groups -OCH3 is 1. The molecule has 1 aliphatic heterocycles. The number of carbonyl (C=O) groups is 1. The maximum absolute atomic E-state index is 12.8. The second-order valence-electron chi connectivity index (χ2n) is 4.62. The molecular formula is C16H14BrNO3. The fourth-order valence-corrected chi connectivity index (χ4v) is 2.74. The highest BCUT2D eigenvalue weighted by Crippen LogP contribution is 2.33. The highest BCUT2D eigenvalue weighted by Gasteiger charge is 2.25. The molecule has 1 amide bonds. The number of benzene rings is 2. The molecule has 1 heterocycles. The van der Waals surface area contributed by atoms with E-state index in [1.165, 1.54) is 0 Å². The Morgan fingerprint density at radius 1 is 1.29 bits per heavy atom. The van der Waals surface area contributed by atoms with E-state index in [1.54, 1.807) is 18.1 Å². The van der Waals surface area contributed by atoms with Crippen molar-refractivity contribution in [2.45, 2.75) is 0 Å². The monoisotopic (exact) mass is 347 g/mol. The van der Waals surface area contributed by atoms with Gasteiger partial charge in [-0.3, -0.25) is 4.79 Å². The molecule has 0 aliphatic carbocycles. The number of hydrogen-bond donors (Lipinski definition) is 0. The van der Waals surface area contributed by atoms with Gasteiger partial charge in [-0.25, -0.2) is 0 Å². The number of carbonyl (C=O) groups excluding carboxylic acids is 1. The first kappa shape index (κ1) is 13.9. The molecule has 2 aromatic carbocycles. The van der Waals surface area contributed by atoms with E-state index in [-0.39, 0.29) is 5.91 Å². The summed E-state index contributed by atoms with van der Waals surface area (Å²) >= 11 is 3.43. The molecule has 4 nitrogen and oxygen atoms in total. The number of anilines is 1. The molecule has 0 aromatic heterocycles. The predicted octanol–water partition coefficient (Wildman–Crippen LogP) is 3.50. The van der Waals surface area contributed by atoms with Crippen LogP contribution in [0.4, 0.5) is 5.69 Å². The van der Waals surface area contributed by atoms with Gasteiger partial charge in [-0.2, -0.15) is 0 Å². The van der Waals surface area contributed by atoms with Crippen molar-refractivity contribution in [3.63, 3.8) is 0 Å². The second kappa shape index (κ2) is 5.77. The predicted molar refractivity (Wildman–Crippen MR) is 84.3 cm³/mol. The van der Waals surface area contributed by atoms with Crippen molar-refractivity contribution in [2.75, 3.05) is 25.2 Å². The zero-order chi connectivity index (χ0) is 14.8.